The Balaban J connectivity index is 2.33. The summed E-state index contributed by atoms with van der Waals surface area (Å²) < 4.78 is 0. The molecule has 0 aromatic heterocycles. The number of hydrogen-bond donors (Lipinski definition) is 3. The van der Waals surface area contributed by atoms with Gasteiger partial charge in [0.1, 0.15) is 0 Å². The third-order valence-electron chi connectivity index (χ3n) is 2.81. The SMILES string of the molecule is O=C(O)CCCCC(=O)NCC(O)c1cc(Cl)cc(Cl)c1. The van der Waals surface area contributed by atoms with E-state index in [1.165, 1.54) is 0 Å². The molecule has 3 N–H and O–H groups in total. The number of nitrogens with one attached hydrogen (secondary N) is 1. The highest BCUT2D eigenvalue weighted by atomic mass is 35.5. The molecule has 0 saturated carbocycles. The highest BCUT2D eigenvalue weighted by Crippen LogP contribution is 2.23. The standard InChI is InChI=1S/C14H17Cl2NO4/c15-10-5-9(6-11(16)7-10)12(18)8-17-13(19)3-1-2-4-14(20)21/h5-7,12,18H,1-4,8H2,(H,17,19)(H,20,21). The molecule has 1 rings (SSSR count). The number of unbranched alkanes of at least 4 members (excludes halogenated alkanes) is 1. The number of carboxylic acids is 1. The molecule has 5 nitrogen and oxygen atoms in total. The van der Waals surface area contributed by atoms with Crippen molar-refractivity contribution in [1.82, 2.24) is 5.32 Å². The first-order chi connectivity index (χ1) is 9.88. The van der Waals surface area contributed by atoms with Gasteiger partial charge in [-0.15, -0.1) is 0 Å². The van der Waals surface area contributed by atoms with Crippen LogP contribution in [0.1, 0.15) is 37.4 Å². The molecule has 0 radical (unpaired) electrons. The van der Waals surface area contributed by atoms with Crippen LogP contribution in [0, 0.1) is 0 Å². The number of carbonyl (C=O) groups is 2. The van der Waals surface area contributed by atoms with Gasteiger partial charge in [-0.25, -0.2) is 0 Å². The summed E-state index contributed by atoms with van der Waals surface area (Å²) in [5, 5.41) is 21.8. The molecule has 1 amide bonds. The molecule has 0 aliphatic heterocycles. The van der Waals surface area contributed by atoms with Crippen molar-refractivity contribution in [3.63, 3.8) is 0 Å². The number of rotatable bonds is 8. The van der Waals surface area contributed by atoms with E-state index in [0.29, 0.717) is 28.5 Å². The summed E-state index contributed by atoms with van der Waals surface area (Å²) in [5.74, 6) is -1.10. The number of carboxylic acid groups (broad SMARTS) is 1. The van der Waals surface area contributed by atoms with E-state index in [2.05, 4.69) is 5.32 Å². The van der Waals surface area contributed by atoms with Gasteiger partial charge in [-0.05, 0) is 36.6 Å². The highest BCUT2D eigenvalue weighted by Gasteiger charge is 2.11. The van der Waals surface area contributed by atoms with Crippen molar-refractivity contribution in [3.8, 4) is 0 Å². The molecular weight excluding hydrogens is 317 g/mol. The molecule has 0 aliphatic rings. The molecule has 1 aromatic carbocycles. The van der Waals surface area contributed by atoms with Crippen LogP contribution in [0.3, 0.4) is 0 Å². The van der Waals surface area contributed by atoms with Crippen LogP contribution in [0.15, 0.2) is 18.2 Å². The molecule has 0 heterocycles. The molecule has 0 bridgehead atoms. The fourth-order valence-electron chi connectivity index (χ4n) is 1.75. The van der Waals surface area contributed by atoms with Crippen LogP contribution in [-0.2, 0) is 9.59 Å². The first-order valence-electron chi connectivity index (χ1n) is 6.51. The number of amides is 1. The number of carbonyl (C=O) groups excluding carboxylic acids is 1. The molecule has 0 saturated heterocycles. The Labute approximate surface area is 132 Å². The molecular formula is C14H17Cl2NO4. The maximum atomic E-state index is 11.5. The quantitative estimate of drug-likeness (QED) is 0.638. The molecule has 0 spiro atoms. The number of aliphatic hydroxyl groups is 1. The first-order valence-corrected chi connectivity index (χ1v) is 7.26. The zero-order chi connectivity index (χ0) is 15.8. The maximum absolute atomic E-state index is 11.5. The minimum atomic E-state index is -0.899. The summed E-state index contributed by atoms with van der Waals surface area (Å²) >= 11 is 11.7. The van der Waals surface area contributed by atoms with Crippen molar-refractivity contribution < 1.29 is 19.8 Å². The van der Waals surface area contributed by atoms with Crippen LogP contribution < -0.4 is 5.32 Å². The molecule has 1 atom stereocenters. The van der Waals surface area contributed by atoms with E-state index in [1.807, 2.05) is 0 Å². The molecule has 116 valence electrons. The third-order valence-corrected chi connectivity index (χ3v) is 3.24. The largest absolute Gasteiger partial charge is 0.481 e. The van der Waals surface area contributed by atoms with Crippen LogP contribution in [0.5, 0.6) is 0 Å². The second-order valence-electron chi connectivity index (χ2n) is 4.62. The van der Waals surface area contributed by atoms with E-state index in [-0.39, 0.29) is 25.3 Å². The van der Waals surface area contributed by atoms with Crippen LogP contribution in [0.25, 0.3) is 0 Å². The summed E-state index contributed by atoms with van der Waals surface area (Å²) in [7, 11) is 0. The van der Waals surface area contributed by atoms with Crippen molar-refractivity contribution in [2.45, 2.75) is 31.8 Å². The second kappa shape index (κ2) is 8.87. The molecule has 0 fully saturated rings. The lowest BCUT2D eigenvalue weighted by Gasteiger charge is -2.13. The van der Waals surface area contributed by atoms with Crippen molar-refractivity contribution >= 4 is 35.1 Å². The monoisotopic (exact) mass is 333 g/mol. The lowest BCUT2D eigenvalue weighted by Crippen LogP contribution is -2.28. The summed E-state index contributed by atoms with van der Waals surface area (Å²) in [5.41, 5.74) is 0.527. The Morgan fingerprint density at radius 3 is 2.24 bits per heavy atom. The van der Waals surface area contributed by atoms with Crippen LogP contribution >= 0.6 is 23.2 Å². The van der Waals surface area contributed by atoms with Crippen molar-refractivity contribution in [1.29, 1.82) is 0 Å². The summed E-state index contributed by atoms with van der Waals surface area (Å²) in [4.78, 5) is 21.9. The minimum absolute atomic E-state index is 0.0500. The highest BCUT2D eigenvalue weighted by molar-refractivity contribution is 6.34. The summed E-state index contributed by atoms with van der Waals surface area (Å²) in [6, 6.07) is 4.72. The number of benzene rings is 1. The normalized spacial score (nSPS) is 12.0. The van der Waals surface area contributed by atoms with Gasteiger partial charge in [-0.1, -0.05) is 23.2 Å². The summed E-state index contributed by atoms with van der Waals surface area (Å²) in [6.07, 6.45) is 0.337. The average Bonchev–Trinajstić information content (AvgIpc) is 2.39. The van der Waals surface area contributed by atoms with Crippen LogP contribution in [0.2, 0.25) is 10.0 Å². The van der Waals surface area contributed by atoms with Crippen molar-refractivity contribution in [3.05, 3.63) is 33.8 Å². The number of aliphatic hydroxyl groups excluding tert-OH is 1. The second-order valence-corrected chi connectivity index (χ2v) is 5.50. The lowest BCUT2D eigenvalue weighted by molar-refractivity contribution is -0.137. The maximum Gasteiger partial charge on any atom is 0.303 e. The molecule has 21 heavy (non-hydrogen) atoms. The van der Waals surface area contributed by atoms with E-state index in [1.54, 1.807) is 18.2 Å². The predicted molar refractivity (Wildman–Crippen MR) is 80.5 cm³/mol. The van der Waals surface area contributed by atoms with Crippen LogP contribution in [0.4, 0.5) is 0 Å². The van der Waals surface area contributed by atoms with E-state index in [4.69, 9.17) is 28.3 Å². The molecule has 1 unspecified atom stereocenters. The van der Waals surface area contributed by atoms with Gasteiger partial charge < -0.3 is 15.5 Å². The van der Waals surface area contributed by atoms with Gasteiger partial charge in [0.15, 0.2) is 0 Å². The topological polar surface area (TPSA) is 86.6 Å². The molecule has 0 aliphatic carbocycles. The van der Waals surface area contributed by atoms with E-state index >= 15 is 0 Å². The fraction of sp³-hybridized carbons (Fsp3) is 0.429. The van der Waals surface area contributed by atoms with E-state index < -0.39 is 12.1 Å². The van der Waals surface area contributed by atoms with Gasteiger partial charge >= 0.3 is 5.97 Å². The molecule has 7 heteroatoms. The van der Waals surface area contributed by atoms with Crippen molar-refractivity contribution in [2.75, 3.05) is 6.54 Å². The van der Waals surface area contributed by atoms with Crippen LogP contribution in [-0.4, -0.2) is 28.6 Å². The number of halogens is 2. The van der Waals surface area contributed by atoms with Gasteiger partial charge in [-0.2, -0.15) is 0 Å². The van der Waals surface area contributed by atoms with E-state index in [9.17, 15) is 14.7 Å². The fourth-order valence-corrected chi connectivity index (χ4v) is 2.29. The molecule has 1 aromatic rings. The minimum Gasteiger partial charge on any atom is -0.481 e. The zero-order valence-corrected chi connectivity index (χ0v) is 12.8. The Kier molecular flexibility index (Phi) is 7.50. The van der Waals surface area contributed by atoms with Gasteiger partial charge in [-0.3, -0.25) is 9.59 Å². The number of hydrogen-bond acceptors (Lipinski definition) is 3. The smallest absolute Gasteiger partial charge is 0.303 e. The third kappa shape index (κ3) is 7.32. The van der Waals surface area contributed by atoms with Gasteiger partial charge in [0.25, 0.3) is 0 Å². The van der Waals surface area contributed by atoms with Gasteiger partial charge in [0.05, 0.1) is 6.10 Å². The van der Waals surface area contributed by atoms with Gasteiger partial charge in [0, 0.05) is 29.4 Å². The Morgan fingerprint density at radius 2 is 1.67 bits per heavy atom. The number of aliphatic carboxylic acids is 1. The average molecular weight is 334 g/mol. The lowest BCUT2D eigenvalue weighted by atomic mass is 10.1. The first kappa shape index (κ1) is 17.8. The predicted octanol–water partition coefficient (Wildman–Crippen LogP) is 2.79. The van der Waals surface area contributed by atoms with Gasteiger partial charge in [0.2, 0.25) is 5.91 Å². The Morgan fingerprint density at radius 1 is 1.10 bits per heavy atom. The van der Waals surface area contributed by atoms with Crippen molar-refractivity contribution in [2.24, 2.45) is 0 Å². The summed E-state index contributed by atoms with van der Waals surface area (Å²) in [6.45, 7) is 0.0500. The Bertz CT molecular complexity index is 487. The Hall–Kier alpha value is -1.30. The van der Waals surface area contributed by atoms with E-state index in [0.717, 1.165) is 0 Å². The zero-order valence-electron chi connectivity index (χ0n) is 11.3.